The van der Waals surface area contributed by atoms with Gasteiger partial charge in [0.15, 0.2) is 0 Å². The van der Waals surface area contributed by atoms with Crippen molar-refractivity contribution < 1.29 is 14.6 Å². The van der Waals surface area contributed by atoms with Crippen molar-refractivity contribution in [2.45, 2.75) is 12.5 Å². The molecule has 17 heavy (non-hydrogen) atoms. The van der Waals surface area contributed by atoms with E-state index in [2.05, 4.69) is 5.32 Å². The number of benzene rings is 1. The number of rotatable bonds is 9. The molecule has 0 aromatic heterocycles. The maximum absolute atomic E-state index is 8.80. The van der Waals surface area contributed by atoms with Crippen LogP contribution in [0.15, 0.2) is 30.3 Å². The number of ether oxygens (including phenoxy) is 2. The van der Waals surface area contributed by atoms with Crippen molar-refractivity contribution >= 4 is 0 Å². The van der Waals surface area contributed by atoms with E-state index in [1.807, 2.05) is 37.4 Å². The fourth-order valence-corrected chi connectivity index (χ4v) is 1.43. The molecule has 0 aliphatic rings. The van der Waals surface area contributed by atoms with Gasteiger partial charge in [0.2, 0.25) is 0 Å². The molecule has 1 aromatic rings. The smallest absolute Gasteiger partial charge is 0.119 e. The summed E-state index contributed by atoms with van der Waals surface area (Å²) in [4.78, 5) is 0. The van der Waals surface area contributed by atoms with Gasteiger partial charge in [0.05, 0.1) is 13.2 Å². The Morgan fingerprint density at radius 1 is 1.24 bits per heavy atom. The second-order valence-corrected chi connectivity index (χ2v) is 3.73. The highest BCUT2D eigenvalue weighted by atomic mass is 16.5. The molecule has 0 amide bonds. The number of aliphatic hydroxyl groups excluding tert-OH is 1. The molecule has 4 heteroatoms. The lowest BCUT2D eigenvalue weighted by Gasteiger charge is -2.15. The SMILES string of the molecule is CNC(CCO)COCCOc1ccccc1. The van der Waals surface area contributed by atoms with Gasteiger partial charge >= 0.3 is 0 Å². The summed E-state index contributed by atoms with van der Waals surface area (Å²) in [7, 11) is 1.87. The Kier molecular flexibility index (Phi) is 7.38. The number of aliphatic hydroxyl groups is 1. The molecule has 0 fully saturated rings. The molecule has 4 nitrogen and oxygen atoms in total. The molecule has 0 saturated heterocycles. The number of nitrogens with one attached hydrogen (secondary N) is 1. The number of hydrogen-bond donors (Lipinski definition) is 2. The van der Waals surface area contributed by atoms with E-state index in [9.17, 15) is 0 Å². The Hall–Kier alpha value is -1.10. The zero-order valence-corrected chi connectivity index (χ0v) is 10.3. The Morgan fingerprint density at radius 3 is 2.65 bits per heavy atom. The number of likely N-dealkylation sites (N-methyl/N-ethyl adjacent to an activating group) is 1. The van der Waals surface area contributed by atoms with Crippen LogP contribution in [-0.2, 0) is 4.74 Å². The molecule has 0 saturated carbocycles. The third-order valence-corrected chi connectivity index (χ3v) is 2.44. The zero-order valence-electron chi connectivity index (χ0n) is 10.3. The predicted molar refractivity (Wildman–Crippen MR) is 67.3 cm³/mol. The summed E-state index contributed by atoms with van der Waals surface area (Å²) in [5.41, 5.74) is 0. The highest BCUT2D eigenvalue weighted by molar-refractivity contribution is 5.20. The molecule has 0 aliphatic heterocycles. The summed E-state index contributed by atoms with van der Waals surface area (Å²) in [6, 6.07) is 9.87. The van der Waals surface area contributed by atoms with Crippen molar-refractivity contribution in [1.82, 2.24) is 5.32 Å². The lowest BCUT2D eigenvalue weighted by atomic mass is 10.2. The minimum absolute atomic E-state index is 0.176. The van der Waals surface area contributed by atoms with E-state index >= 15 is 0 Å². The van der Waals surface area contributed by atoms with Crippen molar-refractivity contribution in [3.05, 3.63) is 30.3 Å². The van der Waals surface area contributed by atoms with E-state index in [0.717, 1.165) is 5.75 Å². The molecule has 1 unspecified atom stereocenters. The first-order valence-corrected chi connectivity index (χ1v) is 5.90. The van der Waals surface area contributed by atoms with E-state index in [-0.39, 0.29) is 12.6 Å². The highest BCUT2D eigenvalue weighted by Gasteiger charge is 2.04. The van der Waals surface area contributed by atoms with Crippen molar-refractivity contribution in [2.24, 2.45) is 0 Å². The van der Waals surface area contributed by atoms with Crippen LogP contribution in [0.5, 0.6) is 5.75 Å². The molecule has 0 radical (unpaired) electrons. The number of para-hydroxylation sites is 1. The van der Waals surface area contributed by atoms with Gasteiger partial charge in [-0.15, -0.1) is 0 Å². The normalized spacial score (nSPS) is 12.4. The topological polar surface area (TPSA) is 50.7 Å². The molecule has 0 aliphatic carbocycles. The minimum Gasteiger partial charge on any atom is -0.491 e. The largest absolute Gasteiger partial charge is 0.491 e. The summed E-state index contributed by atoms with van der Waals surface area (Å²) < 4.78 is 10.9. The van der Waals surface area contributed by atoms with E-state index < -0.39 is 0 Å². The fourth-order valence-electron chi connectivity index (χ4n) is 1.43. The van der Waals surface area contributed by atoms with Crippen LogP contribution in [0.3, 0.4) is 0 Å². The van der Waals surface area contributed by atoms with Gasteiger partial charge in [-0.2, -0.15) is 0 Å². The van der Waals surface area contributed by atoms with E-state index in [1.54, 1.807) is 0 Å². The molecule has 0 heterocycles. The fraction of sp³-hybridized carbons (Fsp3) is 0.538. The van der Waals surface area contributed by atoms with E-state index in [4.69, 9.17) is 14.6 Å². The van der Waals surface area contributed by atoms with Crippen LogP contribution in [0, 0.1) is 0 Å². The average Bonchev–Trinajstić information content (AvgIpc) is 2.38. The Bertz CT molecular complexity index is 279. The molecule has 0 spiro atoms. The Labute approximate surface area is 103 Å². The quantitative estimate of drug-likeness (QED) is 0.633. The maximum Gasteiger partial charge on any atom is 0.119 e. The van der Waals surface area contributed by atoms with Crippen molar-refractivity contribution in [1.29, 1.82) is 0 Å². The molecule has 1 rings (SSSR count). The Balaban J connectivity index is 2.04. The summed E-state index contributed by atoms with van der Waals surface area (Å²) in [6.45, 7) is 1.86. The standard InChI is InChI=1S/C13H21NO3/c1-14-12(7-8-15)11-16-9-10-17-13-5-3-2-4-6-13/h2-6,12,14-15H,7-11H2,1H3. The molecule has 0 bridgehead atoms. The van der Waals surface area contributed by atoms with Crippen LogP contribution in [0.1, 0.15) is 6.42 Å². The first kappa shape index (κ1) is 14.0. The second-order valence-electron chi connectivity index (χ2n) is 3.73. The number of hydrogen-bond acceptors (Lipinski definition) is 4. The van der Waals surface area contributed by atoms with Gasteiger partial charge < -0.3 is 19.9 Å². The average molecular weight is 239 g/mol. The first-order valence-electron chi connectivity index (χ1n) is 5.90. The maximum atomic E-state index is 8.80. The molecular weight excluding hydrogens is 218 g/mol. The van der Waals surface area contributed by atoms with Crippen LogP contribution >= 0.6 is 0 Å². The van der Waals surface area contributed by atoms with Crippen molar-refractivity contribution in [2.75, 3.05) is 33.5 Å². The summed E-state index contributed by atoms with van der Waals surface area (Å²) in [5, 5.41) is 11.9. The monoisotopic (exact) mass is 239 g/mol. The van der Waals surface area contributed by atoms with Gasteiger partial charge in [-0.05, 0) is 25.6 Å². The predicted octanol–water partition coefficient (Wildman–Crippen LogP) is 1.05. The Morgan fingerprint density at radius 2 is 2.00 bits per heavy atom. The van der Waals surface area contributed by atoms with Crippen LogP contribution in [0.4, 0.5) is 0 Å². The van der Waals surface area contributed by atoms with Crippen LogP contribution < -0.4 is 10.1 Å². The zero-order chi connectivity index (χ0) is 12.3. The van der Waals surface area contributed by atoms with Gasteiger partial charge in [-0.3, -0.25) is 0 Å². The van der Waals surface area contributed by atoms with E-state index in [1.165, 1.54) is 0 Å². The van der Waals surface area contributed by atoms with Gasteiger partial charge in [0.1, 0.15) is 12.4 Å². The summed E-state index contributed by atoms with van der Waals surface area (Å²) in [5.74, 6) is 0.858. The second kappa shape index (κ2) is 8.98. The molecule has 2 N–H and O–H groups in total. The lowest BCUT2D eigenvalue weighted by molar-refractivity contribution is 0.0789. The molecular formula is C13H21NO3. The summed E-state index contributed by atoms with van der Waals surface area (Å²) >= 11 is 0. The van der Waals surface area contributed by atoms with Crippen LogP contribution in [-0.4, -0.2) is 44.6 Å². The lowest BCUT2D eigenvalue weighted by Crippen LogP contribution is -2.31. The third kappa shape index (κ3) is 6.26. The first-order chi connectivity index (χ1) is 8.36. The van der Waals surface area contributed by atoms with Crippen LogP contribution in [0.2, 0.25) is 0 Å². The van der Waals surface area contributed by atoms with Gasteiger partial charge in [0, 0.05) is 12.6 Å². The summed E-state index contributed by atoms with van der Waals surface area (Å²) in [6.07, 6.45) is 0.704. The van der Waals surface area contributed by atoms with Gasteiger partial charge in [-0.1, -0.05) is 18.2 Å². The van der Waals surface area contributed by atoms with Crippen molar-refractivity contribution in [3.8, 4) is 5.75 Å². The minimum atomic E-state index is 0.176. The van der Waals surface area contributed by atoms with Gasteiger partial charge in [-0.25, -0.2) is 0 Å². The van der Waals surface area contributed by atoms with Crippen molar-refractivity contribution in [3.63, 3.8) is 0 Å². The molecule has 1 aromatic carbocycles. The van der Waals surface area contributed by atoms with Gasteiger partial charge in [0.25, 0.3) is 0 Å². The third-order valence-electron chi connectivity index (χ3n) is 2.44. The van der Waals surface area contributed by atoms with Crippen LogP contribution in [0.25, 0.3) is 0 Å². The molecule has 1 atom stereocenters. The highest BCUT2D eigenvalue weighted by Crippen LogP contribution is 2.07. The van der Waals surface area contributed by atoms with E-state index in [0.29, 0.717) is 26.2 Å². The molecule has 96 valence electrons.